The minimum absolute atomic E-state index is 0.0687. The van der Waals surface area contributed by atoms with Crippen LogP contribution in [0.4, 0.5) is 8.78 Å². The largest absolute Gasteiger partial charge is 0.494 e. The van der Waals surface area contributed by atoms with Gasteiger partial charge in [0.1, 0.15) is 0 Å². The Hall–Kier alpha value is -2.16. The summed E-state index contributed by atoms with van der Waals surface area (Å²) in [7, 11) is 1.34. The van der Waals surface area contributed by atoms with E-state index in [4.69, 9.17) is 4.74 Å². The lowest BCUT2D eigenvalue weighted by molar-refractivity contribution is 0.133. The predicted octanol–water partition coefficient (Wildman–Crippen LogP) is 7.13. The molecule has 2 saturated carbocycles. The van der Waals surface area contributed by atoms with Crippen molar-refractivity contribution in [1.29, 1.82) is 0 Å². The summed E-state index contributed by atoms with van der Waals surface area (Å²) in [6.45, 7) is 3.98. The first-order valence-electron chi connectivity index (χ1n) is 10.4. The van der Waals surface area contributed by atoms with E-state index in [0.29, 0.717) is 17.4 Å². The Kier molecular flexibility index (Phi) is 5.52. The Balaban J connectivity index is 1.49. The minimum Gasteiger partial charge on any atom is -0.494 e. The molecule has 0 spiro atoms. The zero-order valence-electron chi connectivity index (χ0n) is 16.5. The van der Waals surface area contributed by atoms with Gasteiger partial charge in [0.2, 0.25) is 5.82 Å². The molecule has 0 radical (unpaired) electrons. The average molecular weight is 382 g/mol. The summed E-state index contributed by atoms with van der Waals surface area (Å²) in [4.78, 5) is 0. The standard InChI is InChI=1S/C25H28F2O/c1-3-16-4-5-21-15-20(11-10-19(21)14-16)17-6-8-18(9-7-17)22-12-13-23(28-2)25(27)24(22)26/h3,6-9,12-13,16,19-21H,1,4-5,10-11,14-15H2,2H3. The molecule has 148 valence electrons. The van der Waals surface area contributed by atoms with Crippen LogP contribution in [-0.2, 0) is 0 Å². The van der Waals surface area contributed by atoms with Gasteiger partial charge in [0.15, 0.2) is 11.6 Å². The monoisotopic (exact) mass is 382 g/mol. The third-order valence-corrected chi connectivity index (χ3v) is 6.95. The van der Waals surface area contributed by atoms with Crippen LogP contribution < -0.4 is 4.74 Å². The lowest BCUT2D eigenvalue weighted by Crippen LogP contribution is -2.29. The van der Waals surface area contributed by atoms with Gasteiger partial charge >= 0.3 is 0 Å². The van der Waals surface area contributed by atoms with E-state index in [1.54, 1.807) is 6.07 Å². The van der Waals surface area contributed by atoms with Gasteiger partial charge in [-0.2, -0.15) is 4.39 Å². The molecule has 0 amide bonds. The van der Waals surface area contributed by atoms with Crippen LogP contribution in [0.15, 0.2) is 49.1 Å². The van der Waals surface area contributed by atoms with Crippen LogP contribution in [0.25, 0.3) is 11.1 Å². The molecule has 4 rings (SSSR count). The van der Waals surface area contributed by atoms with Crippen molar-refractivity contribution in [3.05, 3.63) is 66.3 Å². The summed E-state index contributed by atoms with van der Waals surface area (Å²) in [5.74, 6) is 1.10. The number of rotatable bonds is 4. The number of benzene rings is 2. The van der Waals surface area contributed by atoms with Crippen molar-refractivity contribution in [3.63, 3.8) is 0 Å². The second-order valence-electron chi connectivity index (χ2n) is 8.40. The van der Waals surface area contributed by atoms with E-state index in [2.05, 4.69) is 24.8 Å². The molecule has 0 bridgehead atoms. The molecule has 2 aromatic rings. The second kappa shape index (κ2) is 8.06. The van der Waals surface area contributed by atoms with Crippen LogP contribution in [0.1, 0.15) is 50.0 Å². The van der Waals surface area contributed by atoms with Gasteiger partial charge in [-0.05, 0) is 85.5 Å². The van der Waals surface area contributed by atoms with Crippen molar-refractivity contribution in [2.75, 3.05) is 7.11 Å². The van der Waals surface area contributed by atoms with E-state index in [1.165, 1.54) is 57.3 Å². The van der Waals surface area contributed by atoms with Crippen molar-refractivity contribution in [3.8, 4) is 16.9 Å². The minimum atomic E-state index is -0.933. The van der Waals surface area contributed by atoms with Crippen molar-refractivity contribution < 1.29 is 13.5 Å². The fourth-order valence-corrected chi connectivity index (χ4v) is 5.29. The first kappa shape index (κ1) is 19.2. The van der Waals surface area contributed by atoms with Gasteiger partial charge in [0, 0.05) is 5.56 Å². The molecule has 0 aromatic heterocycles. The number of allylic oxidation sites excluding steroid dienone is 1. The number of halogens is 2. The highest BCUT2D eigenvalue weighted by Gasteiger charge is 2.35. The van der Waals surface area contributed by atoms with Gasteiger partial charge in [-0.3, -0.25) is 0 Å². The molecule has 0 N–H and O–H groups in total. The Labute approximate surface area is 166 Å². The molecular weight excluding hydrogens is 354 g/mol. The second-order valence-corrected chi connectivity index (χ2v) is 8.40. The topological polar surface area (TPSA) is 9.23 Å². The van der Waals surface area contributed by atoms with Gasteiger partial charge < -0.3 is 4.74 Å². The number of hydrogen-bond donors (Lipinski definition) is 0. The summed E-state index contributed by atoms with van der Waals surface area (Å²) in [5, 5.41) is 0. The predicted molar refractivity (Wildman–Crippen MR) is 109 cm³/mol. The molecule has 2 aliphatic rings. The van der Waals surface area contributed by atoms with Gasteiger partial charge in [0.05, 0.1) is 7.11 Å². The molecule has 1 nitrogen and oxygen atoms in total. The van der Waals surface area contributed by atoms with Gasteiger partial charge in [-0.15, -0.1) is 6.58 Å². The van der Waals surface area contributed by atoms with E-state index in [1.807, 2.05) is 12.1 Å². The van der Waals surface area contributed by atoms with Crippen LogP contribution in [0.3, 0.4) is 0 Å². The summed E-state index contributed by atoms with van der Waals surface area (Å²) in [5.41, 5.74) is 2.29. The van der Waals surface area contributed by atoms with E-state index < -0.39 is 11.6 Å². The van der Waals surface area contributed by atoms with Crippen molar-refractivity contribution in [1.82, 2.24) is 0 Å². The van der Waals surface area contributed by atoms with Crippen molar-refractivity contribution >= 4 is 0 Å². The highest BCUT2D eigenvalue weighted by Crippen LogP contribution is 2.47. The fourth-order valence-electron chi connectivity index (χ4n) is 5.29. The fraction of sp³-hybridized carbons (Fsp3) is 0.440. The lowest BCUT2D eigenvalue weighted by Gasteiger charge is -2.41. The highest BCUT2D eigenvalue weighted by molar-refractivity contribution is 5.65. The highest BCUT2D eigenvalue weighted by atomic mass is 19.2. The van der Waals surface area contributed by atoms with Crippen LogP contribution in [0.2, 0.25) is 0 Å². The van der Waals surface area contributed by atoms with Gasteiger partial charge in [0.25, 0.3) is 0 Å². The number of ether oxygens (including phenoxy) is 1. The Morgan fingerprint density at radius 2 is 1.61 bits per heavy atom. The third-order valence-electron chi connectivity index (χ3n) is 6.95. The van der Waals surface area contributed by atoms with Crippen LogP contribution in [0.5, 0.6) is 5.75 Å². The summed E-state index contributed by atoms with van der Waals surface area (Å²) < 4.78 is 33.2. The summed E-state index contributed by atoms with van der Waals surface area (Å²) in [6.07, 6.45) is 9.80. The Bertz CT molecular complexity index is 842. The lowest BCUT2D eigenvalue weighted by atomic mass is 9.64. The van der Waals surface area contributed by atoms with Crippen LogP contribution in [-0.4, -0.2) is 7.11 Å². The molecule has 4 unspecified atom stereocenters. The van der Waals surface area contributed by atoms with E-state index >= 15 is 0 Å². The molecule has 4 atom stereocenters. The molecule has 0 heterocycles. The zero-order chi connectivity index (χ0) is 19.7. The number of fused-ring (bicyclic) bond motifs is 1. The molecular formula is C25H28F2O. The third kappa shape index (κ3) is 3.59. The smallest absolute Gasteiger partial charge is 0.201 e. The average Bonchev–Trinajstić information content (AvgIpc) is 2.75. The zero-order valence-corrected chi connectivity index (χ0v) is 16.5. The SMILES string of the molecule is C=CC1CCC2CC(c3ccc(-c4ccc(OC)c(F)c4F)cc3)CCC2C1. The maximum absolute atomic E-state index is 14.4. The van der Waals surface area contributed by atoms with E-state index in [0.717, 1.165) is 11.8 Å². The maximum atomic E-state index is 14.4. The molecule has 3 heteroatoms. The van der Waals surface area contributed by atoms with Crippen LogP contribution in [0, 0.1) is 29.4 Å². The molecule has 28 heavy (non-hydrogen) atoms. The number of hydrogen-bond acceptors (Lipinski definition) is 1. The molecule has 2 fully saturated rings. The molecule has 0 saturated heterocycles. The quantitative estimate of drug-likeness (QED) is 0.511. The first-order chi connectivity index (χ1) is 13.6. The Morgan fingerprint density at radius 3 is 2.32 bits per heavy atom. The Morgan fingerprint density at radius 1 is 0.893 bits per heavy atom. The normalized spacial score (nSPS) is 27.1. The van der Waals surface area contributed by atoms with E-state index in [-0.39, 0.29) is 11.3 Å². The van der Waals surface area contributed by atoms with Crippen molar-refractivity contribution in [2.45, 2.75) is 44.4 Å². The summed E-state index contributed by atoms with van der Waals surface area (Å²) in [6, 6.07) is 11.1. The van der Waals surface area contributed by atoms with Gasteiger partial charge in [-0.25, -0.2) is 4.39 Å². The first-order valence-corrected chi connectivity index (χ1v) is 10.4. The molecule has 0 aliphatic heterocycles. The molecule has 2 aliphatic carbocycles. The van der Waals surface area contributed by atoms with Gasteiger partial charge in [-0.1, -0.05) is 30.3 Å². The molecule has 2 aromatic carbocycles. The maximum Gasteiger partial charge on any atom is 0.201 e. The van der Waals surface area contributed by atoms with E-state index in [9.17, 15) is 8.78 Å². The van der Waals surface area contributed by atoms with Crippen LogP contribution >= 0.6 is 0 Å². The summed E-state index contributed by atoms with van der Waals surface area (Å²) >= 11 is 0. The van der Waals surface area contributed by atoms with Crippen molar-refractivity contribution in [2.24, 2.45) is 17.8 Å². The number of methoxy groups -OCH3 is 1.